The Morgan fingerprint density at radius 3 is 2.43 bits per heavy atom. The predicted octanol–water partition coefficient (Wildman–Crippen LogP) is 1.69. The van der Waals surface area contributed by atoms with Crippen molar-refractivity contribution in [3.8, 4) is 0 Å². The highest BCUT2D eigenvalue weighted by molar-refractivity contribution is 6.30. The molecule has 23 heavy (non-hydrogen) atoms. The normalized spacial score (nSPS) is 24.1. The first-order valence-electron chi connectivity index (χ1n) is 7.57. The molecule has 1 amide bonds. The molecule has 2 heterocycles. The van der Waals surface area contributed by atoms with Crippen LogP contribution in [0.2, 0.25) is 5.02 Å². The topological polar surface area (TPSA) is 70.1 Å². The van der Waals surface area contributed by atoms with Crippen LogP contribution >= 0.6 is 11.6 Å². The van der Waals surface area contributed by atoms with Crippen molar-refractivity contribution in [2.75, 3.05) is 26.7 Å². The fourth-order valence-electron chi connectivity index (χ4n) is 3.26. The minimum absolute atomic E-state index is 0.0262. The number of carboxylic acids is 1. The number of aliphatic carboxylic acids is 1. The highest BCUT2D eigenvalue weighted by atomic mass is 35.5. The second-order valence-electron chi connectivity index (χ2n) is 6.10. The summed E-state index contributed by atoms with van der Waals surface area (Å²) >= 11 is 5.86. The largest absolute Gasteiger partial charge is 0.480 e. The van der Waals surface area contributed by atoms with Crippen LogP contribution in [0.15, 0.2) is 24.3 Å². The van der Waals surface area contributed by atoms with Crippen molar-refractivity contribution in [1.82, 2.24) is 9.80 Å². The summed E-state index contributed by atoms with van der Waals surface area (Å²) in [7, 11) is 2.00. The van der Waals surface area contributed by atoms with E-state index >= 15 is 0 Å². The standard InChI is InChI=1S/C16H19ClN2O4/c1-18-8-6-16(7-9-18)19(13(10-23-16)15(21)22)14(20)11-2-4-12(17)5-3-11/h2-5,13H,6-10H2,1H3,(H,21,22)/t13-/m1/s1. The molecule has 0 aliphatic carbocycles. The van der Waals surface area contributed by atoms with Crippen molar-refractivity contribution in [3.63, 3.8) is 0 Å². The van der Waals surface area contributed by atoms with Gasteiger partial charge in [0.1, 0.15) is 5.72 Å². The molecule has 1 aromatic carbocycles. The van der Waals surface area contributed by atoms with E-state index in [1.165, 1.54) is 4.90 Å². The maximum atomic E-state index is 13.0. The molecule has 1 spiro atoms. The van der Waals surface area contributed by atoms with E-state index in [0.29, 0.717) is 23.4 Å². The molecule has 2 aliphatic heterocycles. The van der Waals surface area contributed by atoms with Crippen molar-refractivity contribution in [3.05, 3.63) is 34.9 Å². The SMILES string of the molecule is CN1CCC2(CC1)OC[C@H](C(=O)O)N2C(=O)c1ccc(Cl)cc1. The van der Waals surface area contributed by atoms with Gasteiger partial charge in [0.05, 0.1) is 6.61 Å². The summed E-state index contributed by atoms with van der Waals surface area (Å²) in [6.45, 7) is 1.55. The zero-order chi connectivity index (χ0) is 16.6. The van der Waals surface area contributed by atoms with E-state index in [1.54, 1.807) is 24.3 Å². The smallest absolute Gasteiger partial charge is 0.328 e. The molecule has 2 saturated heterocycles. The predicted molar refractivity (Wildman–Crippen MR) is 84.5 cm³/mol. The van der Waals surface area contributed by atoms with Gasteiger partial charge in [-0.05, 0) is 31.3 Å². The Hall–Kier alpha value is -1.63. The number of carboxylic acid groups (broad SMARTS) is 1. The van der Waals surface area contributed by atoms with Crippen molar-refractivity contribution in [2.45, 2.75) is 24.6 Å². The van der Waals surface area contributed by atoms with E-state index in [1.807, 2.05) is 7.05 Å². The third-order valence-electron chi connectivity index (χ3n) is 4.62. The van der Waals surface area contributed by atoms with Crippen molar-refractivity contribution < 1.29 is 19.4 Å². The summed E-state index contributed by atoms with van der Waals surface area (Å²) in [6, 6.07) is 5.53. The molecule has 124 valence electrons. The molecular formula is C16H19ClN2O4. The van der Waals surface area contributed by atoms with E-state index < -0.39 is 17.7 Å². The van der Waals surface area contributed by atoms with Crippen LogP contribution in [0.25, 0.3) is 0 Å². The van der Waals surface area contributed by atoms with Crippen LogP contribution in [0.5, 0.6) is 0 Å². The number of carbonyl (C=O) groups excluding carboxylic acids is 1. The second kappa shape index (κ2) is 6.11. The molecule has 6 nitrogen and oxygen atoms in total. The van der Waals surface area contributed by atoms with Crippen LogP contribution < -0.4 is 0 Å². The number of rotatable bonds is 2. The molecule has 2 fully saturated rings. The fourth-order valence-corrected chi connectivity index (χ4v) is 3.38. The molecule has 0 saturated carbocycles. The summed E-state index contributed by atoms with van der Waals surface area (Å²) in [4.78, 5) is 28.1. The van der Waals surface area contributed by atoms with E-state index in [2.05, 4.69) is 4.90 Å². The number of amides is 1. The Kier molecular flexibility index (Phi) is 4.31. The van der Waals surface area contributed by atoms with Gasteiger partial charge in [0.2, 0.25) is 0 Å². The zero-order valence-corrected chi connectivity index (χ0v) is 13.6. The Bertz CT molecular complexity index is 611. The van der Waals surface area contributed by atoms with Gasteiger partial charge in [-0.1, -0.05) is 11.6 Å². The lowest BCUT2D eigenvalue weighted by molar-refractivity contribution is -0.143. The van der Waals surface area contributed by atoms with E-state index in [9.17, 15) is 14.7 Å². The molecule has 7 heteroatoms. The first-order chi connectivity index (χ1) is 10.9. The first-order valence-corrected chi connectivity index (χ1v) is 7.95. The van der Waals surface area contributed by atoms with Crippen LogP contribution in [0.1, 0.15) is 23.2 Å². The molecule has 0 unspecified atom stereocenters. The van der Waals surface area contributed by atoms with Crippen LogP contribution in [0, 0.1) is 0 Å². The van der Waals surface area contributed by atoms with Crippen molar-refractivity contribution in [2.24, 2.45) is 0 Å². The highest BCUT2D eigenvalue weighted by Crippen LogP contribution is 2.38. The van der Waals surface area contributed by atoms with E-state index in [-0.39, 0.29) is 12.5 Å². The number of likely N-dealkylation sites (tertiary alicyclic amines) is 1. The number of nitrogens with zero attached hydrogens (tertiary/aromatic N) is 2. The van der Waals surface area contributed by atoms with Crippen LogP contribution in [-0.4, -0.2) is 65.3 Å². The van der Waals surface area contributed by atoms with Crippen molar-refractivity contribution >= 4 is 23.5 Å². The first kappa shape index (κ1) is 16.2. The van der Waals surface area contributed by atoms with Gasteiger partial charge in [-0.3, -0.25) is 9.69 Å². The maximum Gasteiger partial charge on any atom is 0.328 e. The van der Waals surface area contributed by atoms with Crippen LogP contribution in [0.4, 0.5) is 0 Å². The fraction of sp³-hybridized carbons (Fsp3) is 0.500. The molecule has 0 radical (unpaired) electrons. The molecule has 0 aromatic heterocycles. The number of hydrogen-bond donors (Lipinski definition) is 1. The van der Waals surface area contributed by atoms with Crippen LogP contribution in [0.3, 0.4) is 0 Å². The summed E-state index contributed by atoms with van der Waals surface area (Å²) in [6.07, 6.45) is 1.21. The van der Waals surface area contributed by atoms with Gasteiger partial charge in [-0.15, -0.1) is 0 Å². The third kappa shape index (κ3) is 2.94. The molecule has 1 aromatic rings. The summed E-state index contributed by atoms with van der Waals surface area (Å²) in [5.41, 5.74) is -0.406. The second-order valence-corrected chi connectivity index (χ2v) is 6.53. The van der Waals surface area contributed by atoms with Crippen molar-refractivity contribution in [1.29, 1.82) is 0 Å². The van der Waals surface area contributed by atoms with Gasteiger partial charge in [0, 0.05) is 36.5 Å². The Morgan fingerprint density at radius 1 is 1.26 bits per heavy atom. The van der Waals surface area contributed by atoms with E-state index in [4.69, 9.17) is 16.3 Å². The van der Waals surface area contributed by atoms with E-state index in [0.717, 1.165) is 13.1 Å². The Morgan fingerprint density at radius 2 is 1.87 bits per heavy atom. The number of carbonyl (C=O) groups is 2. The molecule has 2 aliphatic rings. The third-order valence-corrected chi connectivity index (χ3v) is 4.88. The molecule has 3 rings (SSSR count). The quantitative estimate of drug-likeness (QED) is 0.888. The minimum Gasteiger partial charge on any atom is -0.480 e. The Balaban J connectivity index is 1.94. The van der Waals surface area contributed by atoms with Gasteiger partial charge in [0.15, 0.2) is 6.04 Å². The summed E-state index contributed by atoms with van der Waals surface area (Å²) in [5, 5.41) is 10.0. The molecule has 0 bridgehead atoms. The number of ether oxygens (including phenoxy) is 1. The highest BCUT2D eigenvalue weighted by Gasteiger charge is 2.53. The summed E-state index contributed by atoms with van der Waals surface area (Å²) in [5.74, 6) is -1.36. The minimum atomic E-state index is -1.04. The lowest BCUT2D eigenvalue weighted by Gasteiger charge is -2.43. The average molecular weight is 339 g/mol. The van der Waals surface area contributed by atoms with Gasteiger partial charge in [-0.25, -0.2) is 4.79 Å². The monoisotopic (exact) mass is 338 g/mol. The lowest BCUT2D eigenvalue weighted by Crippen LogP contribution is -2.57. The zero-order valence-electron chi connectivity index (χ0n) is 12.9. The van der Waals surface area contributed by atoms with Gasteiger partial charge >= 0.3 is 5.97 Å². The summed E-state index contributed by atoms with van der Waals surface area (Å²) < 4.78 is 5.85. The molecular weight excluding hydrogens is 320 g/mol. The molecule has 1 atom stereocenters. The lowest BCUT2D eigenvalue weighted by atomic mass is 9.97. The Labute approximate surface area is 139 Å². The number of hydrogen-bond acceptors (Lipinski definition) is 4. The average Bonchev–Trinajstić information content (AvgIpc) is 2.90. The number of piperidine rings is 1. The maximum absolute atomic E-state index is 13.0. The number of benzene rings is 1. The van der Waals surface area contributed by atoms with Gasteiger partial charge in [0.25, 0.3) is 5.91 Å². The van der Waals surface area contributed by atoms with Gasteiger partial charge < -0.3 is 14.7 Å². The number of halogens is 1. The van der Waals surface area contributed by atoms with Crippen LogP contribution in [-0.2, 0) is 9.53 Å². The molecule has 1 N–H and O–H groups in total. The van der Waals surface area contributed by atoms with Gasteiger partial charge in [-0.2, -0.15) is 0 Å².